The van der Waals surface area contributed by atoms with Crippen LogP contribution in [0.5, 0.6) is 0 Å². The molecule has 134 valence electrons. The van der Waals surface area contributed by atoms with Gasteiger partial charge in [-0.15, -0.1) is 0 Å². The third-order valence-corrected chi connectivity index (χ3v) is 4.61. The number of rotatable bonds is 7. The lowest BCUT2D eigenvalue weighted by molar-refractivity contribution is 0.122. The molecule has 1 aromatic heterocycles. The van der Waals surface area contributed by atoms with Crippen molar-refractivity contribution in [2.75, 3.05) is 48.8 Å². The normalized spacial score (nSPS) is 15.7. The second kappa shape index (κ2) is 7.53. The summed E-state index contributed by atoms with van der Waals surface area (Å²) in [4.78, 5) is 25.5. The van der Waals surface area contributed by atoms with Crippen molar-refractivity contribution < 1.29 is 14.6 Å². The van der Waals surface area contributed by atoms with Crippen molar-refractivity contribution in [1.29, 1.82) is 0 Å². The highest BCUT2D eigenvalue weighted by Gasteiger charge is 2.26. The van der Waals surface area contributed by atoms with Gasteiger partial charge in [-0.25, -0.2) is 4.63 Å². The summed E-state index contributed by atoms with van der Waals surface area (Å²) < 4.78 is 9.82. The lowest BCUT2D eigenvalue weighted by atomic mass is 10.1. The zero-order valence-corrected chi connectivity index (χ0v) is 13.9. The molecular formula is C13H16N6O5S. The Labute approximate surface area is 145 Å². The number of morpholine rings is 1. The van der Waals surface area contributed by atoms with Gasteiger partial charge in [0.15, 0.2) is 16.6 Å². The number of nitrogens with two attached hydrogens (primary N) is 1. The van der Waals surface area contributed by atoms with Crippen LogP contribution >= 0.6 is 11.8 Å². The van der Waals surface area contributed by atoms with Crippen LogP contribution in [-0.2, 0) is 4.74 Å². The van der Waals surface area contributed by atoms with E-state index in [0.29, 0.717) is 55.0 Å². The number of nitrogens with zero attached hydrogens (tertiary/aromatic N) is 4. The molecule has 4 N–H and O–H groups in total. The number of hydrogen-bond donors (Lipinski definition) is 3. The van der Waals surface area contributed by atoms with Crippen molar-refractivity contribution in [2.45, 2.75) is 5.03 Å². The lowest BCUT2D eigenvalue weighted by Gasteiger charge is -2.30. The second-order valence-corrected chi connectivity index (χ2v) is 6.24. The fraction of sp³-hybridized carbons (Fsp3) is 0.462. The Bertz CT molecular complexity index is 836. The summed E-state index contributed by atoms with van der Waals surface area (Å²) in [5.74, 6) is 0.301. The van der Waals surface area contributed by atoms with E-state index in [4.69, 9.17) is 15.7 Å². The van der Waals surface area contributed by atoms with Gasteiger partial charge >= 0.3 is 0 Å². The van der Waals surface area contributed by atoms with Crippen LogP contribution in [0.3, 0.4) is 0 Å². The smallest absolute Gasteiger partial charge is 0.253 e. The maximum atomic E-state index is 11.8. The van der Waals surface area contributed by atoms with Gasteiger partial charge in [-0.3, -0.25) is 9.59 Å². The molecule has 25 heavy (non-hydrogen) atoms. The van der Waals surface area contributed by atoms with Gasteiger partial charge in [0.25, 0.3) is 10.9 Å². The van der Waals surface area contributed by atoms with Crippen molar-refractivity contribution in [3.05, 3.63) is 26.1 Å². The summed E-state index contributed by atoms with van der Waals surface area (Å²) in [7, 11) is 0. The Kier molecular flexibility index (Phi) is 5.19. The van der Waals surface area contributed by atoms with Gasteiger partial charge in [-0.1, -0.05) is 16.9 Å². The Morgan fingerprint density at radius 1 is 1.32 bits per heavy atom. The number of hydrogen-bond acceptors (Lipinski definition) is 11. The molecule has 2 aromatic rings. The van der Waals surface area contributed by atoms with E-state index in [1.165, 1.54) is 11.8 Å². The van der Waals surface area contributed by atoms with Gasteiger partial charge in [0, 0.05) is 25.4 Å². The van der Waals surface area contributed by atoms with E-state index in [9.17, 15) is 9.59 Å². The average Bonchev–Trinajstić information content (AvgIpc) is 3.12. The van der Waals surface area contributed by atoms with Gasteiger partial charge in [0.05, 0.1) is 13.2 Å². The van der Waals surface area contributed by atoms with E-state index in [-0.39, 0.29) is 11.5 Å². The van der Waals surface area contributed by atoms with Gasteiger partial charge in [0.1, 0.15) is 11.4 Å². The van der Waals surface area contributed by atoms with E-state index >= 15 is 0 Å². The van der Waals surface area contributed by atoms with Crippen LogP contribution in [-0.4, -0.2) is 60.0 Å². The lowest BCUT2D eigenvalue weighted by Crippen LogP contribution is -2.47. The number of ether oxygens (including phenoxy) is 1. The van der Waals surface area contributed by atoms with E-state index < -0.39 is 10.9 Å². The highest BCUT2D eigenvalue weighted by atomic mass is 32.2. The molecule has 1 aliphatic heterocycles. The zero-order chi connectivity index (χ0) is 17.8. The molecule has 2 heterocycles. The molecule has 3 rings (SSSR count). The largest absolute Gasteiger partial charge is 0.409 e. The van der Waals surface area contributed by atoms with Crippen molar-refractivity contribution in [3.8, 4) is 0 Å². The zero-order valence-electron chi connectivity index (χ0n) is 13.1. The van der Waals surface area contributed by atoms with E-state index in [0.717, 1.165) is 0 Å². The monoisotopic (exact) mass is 368 g/mol. The third-order valence-electron chi connectivity index (χ3n) is 3.66. The van der Waals surface area contributed by atoms with Crippen LogP contribution in [0.25, 0.3) is 0 Å². The summed E-state index contributed by atoms with van der Waals surface area (Å²) in [6, 6.07) is 0. The highest BCUT2D eigenvalue weighted by Crippen LogP contribution is 2.22. The minimum Gasteiger partial charge on any atom is -0.409 e. The fourth-order valence-electron chi connectivity index (χ4n) is 2.44. The van der Waals surface area contributed by atoms with Crippen LogP contribution in [0.1, 0.15) is 5.69 Å². The summed E-state index contributed by atoms with van der Waals surface area (Å²) in [5.41, 5.74) is 5.40. The summed E-state index contributed by atoms with van der Waals surface area (Å²) in [5, 5.41) is 22.1. The molecule has 0 saturated carbocycles. The van der Waals surface area contributed by atoms with Crippen molar-refractivity contribution in [2.24, 2.45) is 10.9 Å². The SMILES string of the molecule is N/C(=N\O)c1nonc1SCCNc1c(N2CCOCC2)c(=O)c1=O. The minimum absolute atomic E-state index is 0.149. The van der Waals surface area contributed by atoms with Crippen LogP contribution in [0, 0.1) is 0 Å². The molecule has 0 unspecified atom stereocenters. The molecule has 1 aromatic carbocycles. The molecule has 0 spiro atoms. The molecule has 0 amide bonds. The standard InChI is InChI=1S/C13H16N6O5S/c14-12(16-22)8-13(18-24-17-8)25-6-1-15-7-9(11(21)10(7)20)19-2-4-23-5-3-19/h15,22H,1-6H2,(H2,14,16). The highest BCUT2D eigenvalue weighted by molar-refractivity contribution is 7.99. The van der Waals surface area contributed by atoms with E-state index in [1.54, 1.807) is 0 Å². The molecular weight excluding hydrogens is 352 g/mol. The van der Waals surface area contributed by atoms with Gasteiger partial charge in [-0.2, -0.15) is 0 Å². The first-order valence-corrected chi connectivity index (χ1v) is 8.45. The van der Waals surface area contributed by atoms with E-state index in [1.807, 2.05) is 4.90 Å². The molecule has 1 fully saturated rings. The Balaban J connectivity index is 1.57. The van der Waals surface area contributed by atoms with Crippen LogP contribution in [0.15, 0.2) is 24.4 Å². The van der Waals surface area contributed by atoms with Crippen molar-refractivity contribution in [3.63, 3.8) is 0 Å². The molecule has 0 atom stereocenters. The van der Waals surface area contributed by atoms with Gasteiger partial charge < -0.3 is 25.9 Å². The number of nitrogens with one attached hydrogen (secondary N) is 1. The van der Waals surface area contributed by atoms with Crippen molar-refractivity contribution >= 4 is 29.0 Å². The van der Waals surface area contributed by atoms with Crippen LogP contribution in [0.4, 0.5) is 11.4 Å². The molecule has 11 nitrogen and oxygen atoms in total. The Morgan fingerprint density at radius 3 is 2.80 bits per heavy atom. The molecule has 1 aliphatic rings. The Hall–Kier alpha value is -2.60. The molecule has 1 saturated heterocycles. The number of anilines is 2. The summed E-state index contributed by atoms with van der Waals surface area (Å²) in [6.07, 6.45) is 0. The fourth-order valence-corrected chi connectivity index (χ4v) is 3.20. The summed E-state index contributed by atoms with van der Waals surface area (Å²) >= 11 is 1.26. The maximum absolute atomic E-state index is 11.8. The van der Waals surface area contributed by atoms with Crippen LogP contribution in [0.2, 0.25) is 0 Å². The summed E-state index contributed by atoms with van der Waals surface area (Å²) in [6.45, 7) is 2.65. The number of thioether (sulfide) groups is 1. The second-order valence-electron chi connectivity index (χ2n) is 5.16. The Morgan fingerprint density at radius 2 is 2.08 bits per heavy atom. The van der Waals surface area contributed by atoms with Gasteiger partial charge in [-0.05, 0) is 10.3 Å². The molecule has 0 bridgehead atoms. The average molecular weight is 368 g/mol. The first-order valence-electron chi connectivity index (χ1n) is 7.46. The minimum atomic E-state index is -0.507. The quantitative estimate of drug-likeness (QED) is 0.103. The molecule has 0 aliphatic carbocycles. The predicted molar refractivity (Wildman–Crippen MR) is 90.4 cm³/mol. The van der Waals surface area contributed by atoms with E-state index in [2.05, 4.69) is 25.4 Å². The first kappa shape index (κ1) is 17.2. The third kappa shape index (κ3) is 3.44. The predicted octanol–water partition coefficient (Wildman–Crippen LogP) is -1.20. The molecule has 12 heteroatoms. The maximum Gasteiger partial charge on any atom is 0.253 e. The van der Waals surface area contributed by atoms with Crippen molar-refractivity contribution in [1.82, 2.24) is 10.3 Å². The van der Waals surface area contributed by atoms with Gasteiger partial charge in [0.2, 0.25) is 0 Å². The topological polar surface area (TPSA) is 156 Å². The number of oxime groups is 1. The number of amidine groups is 1. The molecule has 0 radical (unpaired) electrons. The van der Waals surface area contributed by atoms with Crippen LogP contribution < -0.4 is 26.8 Å². The number of aromatic nitrogens is 2. The first-order chi connectivity index (χ1) is 12.1.